The summed E-state index contributed by atoms with van der Waals surface area (Å²) in [7, 11) is 0. The molecule has 17 heavy (non-hydrogen) atoms. The predicted octanol–water partition coefficient (Wildman–Crippen LogP) is 4.07. The number of halogens is 6. The Bertz CT molecular complexity index is 381. The van der Waals surface area contributed by atoms with E-state index in [1.54, 1.807) is 0 Å². The average molecular weight is 318 g/mol. The number of hydrogen-bond acceptors (Lipinski definition) is 1. The van der Waals surface area contributed by atoms with Crippen LogP contribution in [-0.2, 0) is 0 Å². The summed E-state index contributed by atoms with van der Waals surface area (Å²) in [6.45, 7) is 0. The highest BCUT2D eigenvalue weighted by Gasteiger charge is 2.29. The molecule has 0 unspecified atom stereocenters. The standard InChI is InChI=1S/C10H9BrF5N/c11-5-3-6(12)9(7(13)4-5)8(17)1-2-10(14,15)16/h3-4,8H,1-2,17H2/t8-/m0/s1. The summed E-state index contributed by atoms with van der Waals surface area (Å²) in [6.07, 6.45) is -6.12. The van der Waals surface area contributed by atoms with Crippen molar-refractivity contribution in [1.82, 2.24) is 0 Å². The van der Waals surface area contributed by atoms with Crippen molar-refractivity contribution in [2.75, 3.05) is 0 Å². The summed E-state index contributed by atoms with van der Waals surface area (Å²) in [5.74, 6) is -1.90. The van der Waals surface area contributed by atoms with Crippen LogP contribution < -0.4 is 5.73 Å². The molecule has 1 nitrogen and oxygen atoms in total. The first-order valence-electron chi connectivity index (χ1n) is 4.67. The summed E-state index contributed by atoms with van der Waals surface area (Å²) in [6, 6.07) is 0.613. The lowest BCUT2D eigenvalue weighted by Crippen LogP contribution is -2.18. The molecule has 0 fully saturated rings. The van der Waals surface area contributed by atoms with Crippen molar-refractivity contribution in [2.45, 2.75) is 25.1 Å². The Labute approximate surface area is 103 Å². The fraction of sp³-hybridized carbons (Fsp3) is 0.400. The number of benzene rings is 1. The molecule has 0 radical (unpaired) electrons. The predicted molar refractivity (Wildman–Crippen MR) is 56.3 cm³/mol. The van der Waals surface area contributed by atoms with E-state index in [9.17, 15) is 22.0 Å². The summed E-state index contributed by atoms with van der Waals surface area (Å²) in [5.41, 5.74) is 4.84. The maximum absolute atomic E-state index is 13.4. The number of hydrogen-bond donors (Lipinski definition) is 1. The molecule has 0 aliphatic carbocycles. The minimum absolute atomic E-state index is 0.166. The zero-order chi connectivity index (χ0) is 13.2. The lowest BCUT2D eigenvalue weighted by molar-refractivity contribution is -0.136. The summed E-state index contributed by atoms with van der Waals surface area (Å²) < 4.78 is 62.7. The van der Waals surface area contributed by atoms with Gasteiger partial charge in [-0.15, -0.1) is 0 Å². The lowest BCUT2D eigenvalue weighted by Gasteiger charge is -2.15. The van der Waals surface area contributed by atoms with Crippen molar-refractivity contribution in [3.63, 3.8) is 0 Å². The van der Waals surface area contributed by atoms with E-state index in [0.29, 0.717) is 0 Å². The highest BCUT2D eigenvalue weighted by Crippen LogP contribution is 2.30. The van der Waals surface area contributed by atoms with Crippen LogP contribution in [0.4, 0.5) is 22.0 Å². The first-order chi connectivity index (χ1) is 7.70. The molecule has 1 aromatic rings. The quantitative estimate of drug-likeness (QED) is 0.836. The molecule has 7 heteroatoms. The van der Waals surface area contributed by atoms with Crippen LogP contribution in [0, 0.1) is 11.6 Å². The van der Waals surface area contributed by atoms with E-state index in [-0.39, 0.29) is 4.47 Å². The molecule has 0 spiro atoms. The van der Waals surface area contributed by atoms with Gasteiger partial charge < -0.3 is 5.73 Å². The molecule has 1 rings (SSSR count). The Morgan fingerprint density at radius 1 is 1.18 bits per heavy atom. The Hall–Kier alpha value is -0.690. The van der Waals surface area contributed by atoms with Crippen LogP contribution in [0.15, 0.2) is 16.6 Å². The molecular formula is C10H9BrF5N. The summed E-state index contributed by atoms with van der Waals surface area (Å²) in [5, 5.41) is 0. The molecule has 2 N–H and O–H groups in total. The molecule has 0 aliphatic rings. The van der Waals surface area contributed by atoms with Crippen molar-refractivity contribution >= 4 is 15.9 Å². The van der Waals surface area contributed by atoms with Crippen LogP contribution in [0.5, 0.6) is 0 Å². The van der Waals surface area contributed by atoms with Crippen molar-refractivity contribution in [3.8, 4) is 0 Å². The maximum atomic E-state index is 13.4. The van der Waals surface area contributed by atoms with Crippen molar-refractivity contribution in [1.29, 1.82) is 0 Å². The van der Waals surface area contributed by atoms with Gasteiger partial charge in [0.2, 0.25) is 0 Å². The van der Waals surface area contributed by atoms with Gasteiger partial charge in [-0.05, 0) is 18.6 Å². The van der Waals surface area contributed by atoms with Crippen LogP contribution in [0.3, 0.4) is 0 Å². The molecule has 0 amide bonds. The van der Waals surface area contributed by atoms with Gasteiger partial charge >= 0.3 is 6.18 Å². The molecule has 96 valence electrons. The number of nitrogens with two attached hydrogens (primary N) is 1. The van der Waals surface area contributed by atoms with E-state index >= 15 is 0 Å². The largest absolute Gasteiger partial charge is 0.389 e. The topological polar surface area (TPSA) is 26.0 Å². The average Bonchev–Trinajstić information content (AvgIpc) is 2.11. The molecule has 0 saturated heterocycles. The van der Waals surface area contributed by atoms with Gasteiger partial charge in [0.25, 0.3) is 0 Å². The van der Waals surface area contributed by atoms with Crippen LogP contribution in [0.2, 0.25) is 0 Å². The Morgan fingerprint density at radius 2 is 1.65 bits per heavy atom. The third-order valence-electron chi connectivity index (χ3n) is 2.15. The van der Waals surface area contributed by atoms with Gasteiger partial charge in [-0.25, -0.2) is 8.78 Å². The van der Waals surface area contributed by atoms with E-state index in [2.05, 4.69) is 15.9 Å². The molecule has 0 aromatic heterocycles. The van der Waals surface area contributed by atoms with Crippen LogP contribution in [-0.4, -0.2) is 6.18 Å². The molecule has 0 bridgehead atoms. The second kappa shape index (κ2) is 5.30. The van der Waals surface area contributed by atoms with Gasteiger partial charge in [-0.1, -0.05) is 15.9 Å². The molecule has 0 aliphatic heterocycles. The van der Waals surface area contributed by atoms with Gasteiger partial charge in [0.05, 0.1) is 0 Å². The van der Waals surface area contributed by atoms with Gasteiger partial charge in [-0.2, -0.15) is 13.2 Å². The van der Waals surface area contributed by atoms with E-state index in [0.717, 1.165) is 12.1 Å². The highest BCUT2D eigenvalue weighted by atomic mass is 79.9. The number of alkyl halides is 3. The Morgan fingerprint density at radius 3 is 2.06 bits per heavy atom. The third kappa shape index (κ3) is 4.23. The highest BCUT2D eigenvalue weighted by molar-refractivity contribution is 9.10. The summed E-state index contributed by atoms with van der Waals surface area (Å²) in [4.78, 5) is 0. The van der Waals surface area contributed by atoms with Crippen LogP contribution >= 0.6 is 15.9 Å². The second-order valence-electron chi connectivity index (χ2n) is 3.54. The molecule has 0 heterocycles. The smallest absolute Gasteiger partial charge is 0.324 e. The maximum Gasteiger partial charge on any atom is 0.389 e. The molecular weight excluding hydrogens is 309 g/mol. The van der Waals surface area contributed by atoms with Gasteiger partial charge in [0.1, 0.15) is 11.6 Å². The van der Waals surface area contributed by atoms with Gasteiger partial charge in [0, 0.05) is 22.5 Å². The van der Waals surface area contributed by atoms with E-state index in [4.69, 9.17) is 5.73 Å². The molecule has 1 atom stereocenters. The molecule has 0 saturated carbocycles. The van der Waals surface area contributed by atoms with Crippen molar-refractivity contribution in [2.24, 2.45) is 5.73 Å². The minimum Gasteiger partial charge on any atom is -0.324 e. The second-order valence-corrected chi connectivity index (χ2v) is 4.46. The van der Waals surface area contributed by atoms with Crippen LogP contribution in [0.1, 0.15) is 24.4 Å². The fourth-order valence-electron chi connectivity index (χ4n) is 1.37. The normalized spacial score (nSPS) is 13.8. The van der Waals surface area contributed by atoms with E-state index < -0.39 is 42.3 Å². The van der Waals surface area contributed by atoms with E-state index in [1.165, 1.54) is 0 Å². The zero-order valence-electron chi connectivity index (χ0n) is 8.49. The summed E-state index contributed by atoms with van der Waals surface area (Å²) >= 11 is 2.87. The van der Waals surface area contributed by atoms with Crippen molar-refractivity contribution < 1.29 is 22.0 Å². The fourth-order valence-corrected chi connectivity index (χ4v) is 1.77. The van der Waals surface area contributed by atoms with Gasteiger partial charge in [-0.3, -0.25) is 0 Å². The number of rotatable bonds is 3. The molecule has 1 aromatic carbocycles. The lowest BCUT2D eigenvalue weighted by atomic mass is 10.0. The Kier molecular flexibility index (Phi) is 4.48. The third-order valence-corrected chi connectivity index (χ3v) is 2.61. The first-order valence-corrected chi connectivity index (χ1v) is 5.47. The minimum atomic E-state index is -4.39. The first kappa shape index (κ1) is 14.4. The SMILES string of the molecule is N[C@@H](CCC(F)(F)F)c1c(F)cc(Br)cc1F. The van der Waals surface area contributed by atoms with E-state index in [1.807, 2.05) is 0 Å². The monoisotopic (exact) mass is 317 g/mol. The zero-order valence-corrected chi connectivity index (χ0v) is 10.1. The van der Waals surface area contributed by atoms with Crippen molar-refractivity contribution in [3.05, 3.63) is 33.8 Å². The van der Waals surface area contributed by atoms with Crippen LogP contribution in [0.25, 0.3) is 0 Å². The van der Waals surface area contributed by atoms with Gasteiger partial charge in [0.15, 0.2) is 0 Å². The Balaban J connectivity index is 2.86.